The Hall–Kier alpha value is -1.77. The quantitative estimate of drug-likeness (QED) is 0.756. The number of nitrogens with zero attached hydrogens (tertiary/aromatic N) is 2. The predicted molar refractivity (Wildman–Crippen MR) is 63.1 cm³/mol. The average Bonchev–Trinajstić information content (AvgIpc) is 2.62. The van der Waals surface area contributed by atoms with Crippen LogP contribution in [0.2, 0.25) is 0 Å². The van der Waals surface area contributed by atoms with E-state index in [1.54, 1.807) is 11.8 Å². The van der Waals surface area contributed by atoms with Crippen LogP contribution in [0.1, 0.15) is 19.4 Å². The van der Waals surface area contributed by atoms with Gasteiger partial charge in [-0.15, -0.1) is 0 Å². The van der Waals surface area contributed by atoms with Gasteiger partial charge < -0.3 is 4.90 Å². The van der Waals surface area contributed by atoms with Crippen molar-refractivity contribution in [3.63, 3.8) is 0 Å². The highest BCUT2D eigenvalue weighted by atomic mass is 16.2. The molecule has 1 aliphatic heterocycles. The van der Waals surface area contributed by atoms with E-state index >= 15 is 0 Å². The van der Waals surface area contributed by atoms with Crippen molar-refractivity contribution >= 4 is 5.91 Å². The second kappa shape index (κ2) is 4.39. The molecule has 0 radical (unpaired) electrons. The highest BCUT2D eigenvalue weighted by Gasteiger charge is 2.24. The molecule has 84 valence electrons. The maximum absolute atomic E-state index is 11.3. The van der Waals surface area contributed by atoms with E-state index in [9.17, 15) is 4.79 Å². The normalized spacial score (nSPS) is 19.2. The van der Waals surface area contributed by atoms with Crippen LogP contribution in [-0.2, 0) is 11.3 Å². The van der Waals surface area contributed by atoms with E-state index in [1.165, 1.54) is 5.56 Å². The van der Waals surface area contributed by atoms with Crippen LogP contribution >= 0.6 is 0 Å². The first-order valence-corrected chi connectivity index (χ1v) is 5.45. The number of rotatable bonds is 2. The zero-order valence-corrected chi connectivity index (χ0v) is 9.63. The van der Waals surface area contributed by atoms with E-state index in [0.29, 0.717) is 0 Å². The Morgan fingerprint density at radius 1 is 1.25 bits per heavy atom. The Balaban J connectivity index is 2.04. The minimum atomic E-state index is 0.0827. The topological polar surface area (TPSA) is 23.6 Å². The van der Waals surface area contributed by atoms with Gasteiger partial charge in [0.05, 0.1) is 0 Å². The van der Waals surface area contributed by atoms with Gasteiger partial charge in [0.25, 0.3) is 0 Å². The van der Waals surface area contributed by atoms with Gasteiger partial charge in [-0.05, 0) is 12.5 Å². The Labute approximate surface area is 96.0 Å². The van der Waals surface area contributed by atoms with Gasteiger partial charge in [0.15, 0.2) is 0 Å². The van der Waals surface area contributed by atoms with Crippen molar-refractivity contribution in [2.75, 3.05) is 0 Å². The summed E-state index contributed by atoms with van der Waals surface area (Å²) in [6.07, 6.45) is 3.92. The number of carbonyl (C=O) groups excluding carboxylic acids is 1. The maximum atomic E-state index is 11.3. The largest absolute Gasteiger partial charge is 0.352 e. The summed E-state index contributed by atoms with van der Waals surface area (Å²) in [4.78, 5) is 15.2. The molecule has 1 aromatic rings. The molecule has 1 aliphatic rings. The molecule has 0 saturated heterocycles. The fraction of sp³-hybridized carbons (Fsp3) is 0.308. The van der Waals surface area contributed by atoms with Crippen molar-refractivity contribution in [2.24, 2.45) is 0 Å². The molecule has 1 aromatic carbocycles. The summed E-state index contributed by atoms with van der Waals surface area (Å²) < 4.78 is 0. The molecule has 0 aliphatic carbocycles. The molecule has 3 nitrogen and oxygen atoms in total. The van der Waals surface area contributed by atoms with E-state index in [4.69, 9.17) is 0 Å². The van der Waals surface area contributed by atoms with Gasteiger partial charge in [0.2, 0.25) is 5.91 Å². The molecule has 16 heavy (non-hydrogen) atoms. The molecule has 1 unspecified atom stereocenters. The van der Waals surface area contributed by atoms with Gasteiger partial charge in [-0.25, -0.2) is 0 Å². The third-order valence-electron chi connectivity index (χ3n) is 2.87. The number of benzene rings is 1. The molecular formula is C13H16N2O. The highest BCUT2D eigenvalue weighted by molar-refractivity contribution is 5.75. The molecule has 1 heterocycles. The summed E-state index contributed by atoms with van der Waals surface area (Å²) in [7, 11) is 0. The van der Waals surface area contributed by atoms with Gasteiger partial charge in [-0.1, -0.05) is 30.3 Å². The van der Waals surface area contributed by atoms with Crippen LogP contribution in [0.5, 0.6) is 0 Å². The second-order valence-corrected chi connectivity index (χ2v) is 4.01. The third-order valence-corrected chi connectivity index (χ3v) is 2.87. The number of carbonyl (C=O) groups is 1. The standard InChI is InChI=1S/C13H16N2O/c1-11-14(8-9-15(11)12(2)16)10-13-6-4-3-5-7-13/h3-9,11H,10H2,1-2H3. The van der Waals surface area contributed by atoms with Crippen LogP contribution in [0.3, 0.4) is 0 Å². The SMILES string of the molecule is CC(=O)N1C=CN(Cc2ccccc2)C1C. The Morgan fingerprint density at radius 3 is 2.50 bits per heavy atom. The minimum absolute atomic E-state index is 0.0827. The van der Waals surface area contributed by atoms with Gasteiger partial charge in [-0.2, -0.15) is 0 Å². The molecule has 0 aromatic heterocycles. The Kier molecular flexibility index (Phi) is 2.95. The van der Waals surface area contributed by atoms with Crippen molar-refractivity contribution < 1.29 is 4.79 Å². The molecule has 0 saturated carbocycles. The zero-order valence-electron chi connectivity index (χ0n) is 9.63. The van der Waals surface area contributed by atoms with Crippen LogP contribution in [0.25, 0.3) is 0 Å². The number of hydrogen-bond donors (Lipinski definition) is 0. The summed E-state index contributed by atoms with van der Waals surface area (Å²) in [5.74, 6) is 0.0827. The third kappa shape index (κ3) is 2.08. The van der Waals surface area contributed by atoms with Gasteiger partial charge in [0.1, 0.15) is 6.17 Å². The lowest BCUT2D eigenvalue weighted by atomic mass is 10.2. The van der Waals surface area contributed by atoms with Crippen LogP contribution < -0.4 is 0 Å². The van der Waals surface area contributed by atoms with E-state index in [1.807, 2.05) is 37.5 Å². The first kappa shape index (κ1) is 10.7. The molecule has 0 fully saturated rings. The van der Waals surface area contributed by atoms with E-state index in [2.05, 4.69) is 17.0 Å². The molecule has 3 heteroatoms. The van der Waals surface area contributed by atoms with Gasteiger partial charge in [-0.3, -0.25) is 9.69 Å². The minimum Gasteiger partial charge on any atom is -0.352 e. The molecule has 0 spiro atoms. The monoisotopic (exact) mass is 216 g/mol. The highest BCUT2D eigenvalue weighted by Crippen LogP contribution is 2.18. The fourth-order valence-electron chi connectivity index (χ4n) is 1.91. The first-order valence-electron chi connectivity index (χ1n) is 5.45. The smallest absolute Gasteiger partial charge is 0.225 e. The average molecular weight is 216 g/mol. The van der Waals surface area contributed by atoms with Crippen LogP contribution in [-0.4, -0.2) is 21.9 Å². The first-order chi connectivity index (χ1) is 7.68. The molecule has 0 N–H and O–H groups in total. The lowest BCUT2D eigenvalue weighted by Crippen LogP contribution is -2.37. The van der Waals surface area contributed by atoms with Crippen molar-refractivity contribution in [3.05, 3.63) is 48.3 Å². The van der Waals surface area contributed by atoms with Crippen molar-refractivity contribution in [2.45, 2.75) is 26.6 Å². The van der Waals surface area contributed by atoms with E-state index in [0.717, 1.165) is 6.54 Å². The van der Waals surface area contributed by atoms with E-state index in [-0.39, 0.29) is 12.1 Å². The predicted octanol–water partition coefficient (Wildman–Crippen LogP) is 2.17. The fourth-order valence-corrected chi connectivity index (χ4v) is 1.91. The molecular weight excluding hydrogens is 200 g/mol. The lowest BCUT2D eigenvalue weighted by Gasteiger charge is -2.27. The van der Waals surface area contributed by atoms with Crippen LogP contribution in [0, 0.1) is 0 Å². The van der Waals surface area contributed by atoms with Crippen LogP contribution in [0.15, 0.2) is 42.7 Å². The Bertz CT molecular complexity index is 400. The summed E-state index contributed by atoms with van der Waals surface area (Å²) in [5.41, 5.74) is 1.25. The van der Waals surface area contributed by atoms with Gasteiger partial charge >= 0.3 is 0 Å². The lowest BCUT2D eigenvalue weighted by molar-refractivity contribution is -0.129. The molecule has 1 atom stereocenters. The summed E-state index contributed by atoms with van der Waals surface area (Å²) in [5, 5.41) is 0. The van der Waals surface area contributed by atoms with Crippen molar-refractivity contribution in [3.8, 4) is 0 Å². The summed E-state index contributed by atoms with van der Waals surface area (Å²) in [6.45, 7) is 4.46. The molecule has 2 rings (SSSR count). The zero-order chi connectivity index (χ0) is 11.5. The van der Waals surface area contributed by atoms with Crippen molar-refractivity contribution in [1.29, 1.82) is 0 Å². The maximum Gasteiger partial charge on any atom is 0.225 e. The summed E-state index contributed by atoms with van der Waals surface area (Å²) >= 11 is 0. The number of amides is 1. The van der Waals surface area contributed by atoms with Crippen molar-refractivity contribution in [1.82, 2.24) is 9.80 Å². The Morgan fingerprint density at radius 2 is 1.94 bits per heavy atom. The van der Waals surface area contributed by atoms with Gasteiger partial charge in [0, 0.05) is 25.9 Å². The summed E-state index contributed by atoms with van der Waals surface area (Å²) in [6, 6.07) is 10.3. The second-order valence-electron chi connectivity index (χ2n) is 4.01. The number of hydrogen-bond acceptors (Lipinski definition) is 2. The molecule has 0 bridgehead atoms. The van der Waals surface area contributed by atoms with E-state index < -0.39 is 0 Å². The molecule has 1 amide bonds. The van der Waals surface area contributed by atoms with Crippen LogP contribution in [0.4, 0.5) is 0 Å².